The van der Waals surface area contributed by atoms with Gasteiger partial charge in [-0.3, -0.25) is 14.4 Å². The van der Waals surface area contributed by atoms with Crippen LogP contribution < -0.4 is 10.9 Å². The van der Waals surface area contributed by atoms with E-state index >= 15 is 0 Å². The Bertz CT molecular complexity index is 633. The first kappa shape index (κ1) is 19.9. The number of H-pyrrole nitrogens is 1. The minimum atomic E-state index is -0.452. The Hall–Kier alpha value is -2.18. The van der Waals surface area contributed by atoms with Crippen molar-refractivity contribution in [3.63, 3.8) is 0 Å². The van der Waals surface area contributed by atoms with Crippen LogP contribution in [0.4, 0.5) is 0 Å². The van der Waals surface area contributed by atoms with Gasteiger partial charge in [0, 0.05) is 32.0 Å². The Kier molecular flexibility index (Phi) is 7.61. The van der Waals surface area contributed by atoms with Crippen molar-refractivity contribution in [2.45, 2.75) is 53.4 Å². The number of carbonyl (C=O) groups is 2. The molecule has 1 heterocycles. The molecule has 0 bridgehead atoms. The van der Waals surface area contributed by atoms with Gasteiger partial charge in [0.1, 0.15) is 11.4 Å². The lowest BCUT2D eigenvalue weighted by atomic mass is 10.1. The molecule has 1 aromatic rings. The summed E-state index contributed by atoms with van der Waals surface area (Å²) >= 11 is 0. The van der Waals surface area contributed by atoms with Gasteiger partial charge in [-0.1, -0.05) is 13.8 Å². The van der Waals surface area contributed by atoms with Crippen molar-refractivity contribution in [3.05, 3.63) is 27.4 Å². The summed E-state index contributed by atoms with van der Waals surface area (Å²) in [5.41, 5.74) is 0.0246. The molecular formula is C17H28N4O3. The third-order valence-electron chi connectivity index (χ3n) is 3.86. The number of rotatable bonds is 8. The average Bonchev–Trinajstić information content (AvgIpc) is 2.51. The zero-order valence-electron chi connectivity index (χ0n) is 15.2. The van der Waals surface area contributed by atoms with Crippen molar-refractivity contribution < 1.29 is 9.59 Å². The van der Waals surface area contributed by atoms with Crippen LogP contribution in [0.25, 0.3) is 0 Å². The first-order valence-electron chi connectivity index (χ1n) is 8.48. The van der Waals surface area contributed by atoms with Gasteiger partial charge in [0.15, 0.2) is 0 Å². The molecule has 0 saturated heterocycles. The van der Waals surface area contributed by atoms with Crippen LogP contribution in [0.1, 0.15) is 68.3 Å². The third-order valence-corrected chi connectivity index (χ3v) is 3.86. The molecule has 0 radical (unpaired) electrons. The fraction of sp³-hybridized carbons (Fsp3) is 0.647. The van der Waals surface area contributed by atoms with Gasteiger partial charge in [0.2, 0.25) is 5.91 Å². The molecule has 2 N–H and O–H groups in total. The third kappa shape index (κ3) is 5.18. The highest BCUT2D eigenvalue weighted by Crippen LogP contribution is 2.08. The first-order valence-corrected chi connectivity index (χ1v) is 8.48. The summed E-state index contributed by atoms with van der Waals surface area (Å²) < 4.78 is 0. The van der Waals surface area contributed by atoms with Crippen molar-refractivity contribution in [1.29, 1.82) is 0 Å². The van der Waals surface area contributed by atoms with E-state index in [2.05, 4.69) is 15.3 Å². The molecular weight excluding hydrogens is 308 g/mol. The van der Waals surface area contributed by atoms with E-state index in [1.165, 1.54) is 0 Å². The molecule has 24 heavy (non-hydrogen) atoms. The smallest absolute Gasteiger partial charge is 0.264 e. The maximum Gasteiger partial charge on any atom is 0.264 e. The van der Waals surface area contributed by atoms with Crippen molar-refractivity contribution in [2.75, 3.05) is 19.6 Å². The molecule has 0 fully saturated rings. The molecule has 0 aliphatic heterocycles. The average molecular weight is 336 g/mol. The number of nitrogens with one attached hydrogen (secondary N) is 2. The standard InChI is InChI=1S/C17H28N4O3/c1-6-21(7-2)13(22)9-8-10-18-16(23)14-12(5)19-15(11(3)4)20-17(14)24/h11H,6-10H2,1-5H3,(H,18,23)(H,19,20,24). The normalized spacial score (nSPS) is 10.8. The largest absolute Gasteiger partial charge is 0.352 e. The topological polar surface area (TPSA) is 95.2 Å². The van der Waals surface area contributed by atoms with Gasteiger partial charge in [0.05, 0.1) is 5.69 Å². The highest BCUT2D eigenvalue weighted by molar-refractivity contribution is 5.94. The van der Waals surface area contributed by atoms with Gasteiger partial charge < -0.3 is 15.2 Å². The number of aromatic amines is 1. The lowest BCUT2D eigenvalue weighted by molar-refractivity contribution is -0.130. The molecule has 7 heteroatoms. The SMILES string of the molecule is CCN(CC)C(=O)CCCNC(=O)c1c(C)nc(C(C)C)[nH]c1=O. The van der Waals surface area contributed by atoms with Crippen molar-refractivity contribution in [2.24, 2.45) is 0 Å². The quantitative estimate of drug-likeness (QED) is 0.705. The van der Waals surface area contributed by atoms with E-state index in [4.69, 9.17) is 0 Å². The summed E-state index contributed by atoms with van der Waals surface area (Å²) in [6, 6.07) is 0. The van der Waals surface area contributed by atoms with Crippen LogP contribution in [0.15, 0.2) is 4.79 Å². The van der Waals surface area contributed by atoms with Crippen LogP contribution in [-0.2, 0) is 4.79 Å². The van der Waals surface area contributed by atoms with Gasteiger partial charge in [0.25, 0.3) is 11.5 Å². The van der Waals surface area contributed by atoms with Gasteiger partial charge in [-0.25, -0.2) is 4.98 Å². The molecule has 0 unspecified atom stereocenters. The molecule has 0 aromatic carbocycles. The number of amides is 2. The minimum Gasteiger partial charge on any atom is -0.352 e. The van der Waals surface area contributed by atoms with E-state index in [-0.39, 0.29) is 17.4 Å². The minimum absolute atomic E-state index is 0.0365. The van der Waals surface area contributed by atoms with Gasteiger partial charge in [-0.15, -0.1) is 0 Å². The highest BCUT2D eigenvalue weighted by Gasteiger charge is 2.17. The molecule has 0 aliphatic rings. The highest BCUT2D eigenvalue weighted by atomic mass is 16.2. The number of aryl methyl sites for hydroxylation is 1. The van der Waals surface area contributed by atoms with Crippen LogP contribution in [0.5, 0.6) is 0 Å². The maximum absolute atomic E-state index is 12.2. The van der Waals surface area contributed by atoms with Crippen molar-refractivity contribution in [3.8, 4) is 0 Å². The number of hydrogen-bond acceptors (Lipinski definition) is 4. The molecule has 7 nitrogen and oxygen atoms in total. The van der Waals surface area contributed by atoms with E-state index < -0.39 is 11.5 Å². The summed E-state index contributed by atoms with van der Waals surface area (Å²) in [6.07, 6.45) is 0.914. The van der Waals surface area contributed by atoms with Crippen molar-refractivity contribution >= 4 is 11.8 Å². The lowest BCUT2D eigenvalue weighted by Crippen LogP contribution is -2.34. The molecule has 2 amide bonds. The summed E-state index contributed by atoms with van der Waals surface area (Å²) in [6.45, 7) is 11.1. The van der Waals surface area contributed by atoms with Gasteiger partial charge >= 0.3 is 0 Å². The second-order valence-electron chi connectivity index (χ2n) is 5.99. The van der Waals surface area contributed by atoms with E-state index in [0.717, 1.165) is 0 Å². The Morgan fingerprint density at radius 1 is 1.25 bits per heavy atom. The van der Waals surface area contributed by atoms with E-state index in [9.17, 15) is 14.4 Å². The predicted molar refractivity (Wildman–Crippen MR) is 93.2 cm³/mol. The van der Waals surface area contributed by atoms with E-state index in [0.29, 0.717) is 44.0 Å². The van der Waals surface area contributed by atoms with Crippen LogP contribution >= 0.6 is 0 Å². The first-order chi connectivity index (χ1) is 11.3. The maximum atomic E-state index is 12.2. The Morgan fingerprint density at radius 2 is 1.88 bits per heavy atom. The molecule has 0 atom stereocenters. The van der Waals surface area contributed by atoms with Gasteiger partial charge in [-0.2, -0.15) is 0 Å². The summed E-state index contributed by atoms with van der Waals surface area (Å²) in [7, 11) is 0. The fourth-order valence-corrected chi connectivity index (χ4v) is 2.41. The van der Waals surface area contributed by atoms with Crippen molar-refractivity contribution in [1.82, 2.24) is 20.2 Å². The molecule has 0 spiro atoms. The van der Waals surface area contributed by atoms with Crippen LogP contribution in [0.2, 0.25) is 0 Å². The molecule has 134 valence electrons. The number of carbonyl (C=O) groups excluding carboxylic acids is 2. The van der Waals surface area contributed by atoms with Gasteiger partial charge in [-0.05, 0) is 27.2 Å². The zero-order valence-corrected chi connectivity index (χ0v) is 15.2. The number of hydrogen-bond donors (Lipinski definition) is 2. The fourth-order valence-electron chi connectivity index (χ4n) is 2.41. The lowest BCUT2D eigenvalue weighted by Gasteiger charge is -2.18. The second-order valence-corrected chi connectivity index (χ2v) is 5.99. The molecule has 0 saturated carbocycles. The van der Waals surface area contributed by atoms with E-state index in [1.807, 2.05) is 27.7 Å². The number of aromatic nitrogens is 2. The second kappa shape index (κ2) is 9.20. The predicted octanol–water partition coefficient (Wildman–Crippen LogP) is 1.58. The summed E-state index contributed by atoms with van der Waals surface area (Å²) in [5, 5.41) is 2.69. The monoisotopic (exact) mass is 336 g/mol. The molecule has 0 aliphatic carbocycles. The number of nitrogens with zero attached hydrogens (tertiary/aromatic N) is 2. The molecule has 1 aromatic heterocycles. The zero-order chi connectivity index (χ0) is 18.3. The summed E-state index contributed by atoms with van der Waals surface area (Å²) in [4.78, 5) is 44.8. The van der Waals surface area contributed by atoms with Crippen LogP contribution in [-0.4, -0.2) is 46.3 Å². The Morgan fingerprint density at radius 3 is 2.38 bits per heavy atom. The summed E-state index contributed by atoms with van der Waals surface area (Å²) in [5.74, 6) is 0.275. The Labute approximate surface area is 142 Å². The Balaban J connectivity index is 2.61. The van der Waals surface area contributed by atoms with Crippen LogP contribution in [0.3, 0.4) is 0 Å². The molecule has 1 rings (SSSR count). The van der Waals surface area contributed by atoms with E-state index in [1.54, 1.807) is 11.8 Å². The van der Waals surface area contributed by atoms with Crippen LogP contribution in [0, 0.1) is 6.92 Å².